The molecule has 3 aromatic rings. The molecule has 21 heavy (non-hydrogen) atoms. The molecule has 3 rings (SSSR count). The highest BCUT2D eigenvalue weighted by Crippen LogP contribution is 2.20. The average molecular weight is 302 g/mol. The van der Waals surface area contributed by atoms with E-state index in [9.17, 15) is 9.90 Å². The Hall–Kier alpha value is -2.60. The molecule has 0 aliphatic heterocycles. The monoisotopic (exact) mass is 301 g/mol. The standard InChI is InChI=1S/C14H11ClN4O2/c15-11-7-9(5-6-10(11)14(20)21)16-8-19-13-4-2-1-3-12(13)17-18-19/h1-7,16H,8H2,(H,20,21)/p-1. The number of hydrogen-bond acceptors (Lipinski definition) is 5. The molecule has 106 valence electrons. The van der Waals surface area contributed by atoms with E-state index in [-0.39, 0.29) is 10.6 Å². The lowest BCUT2D eigenvalue weighted by molar-refractivity contribution is -0.255. The molecule has 0 saturated carbocycles. The van der Waals surface area contributed by atoms with Crippen LogP contribution in [0.1, 0.15) is 10.4 Å². The minimum atomic E-state index is -1.30. The number of carbonyl (C=O) groups excluding carboxylic acids is 1. The number of benzene rings is 2. The fourth-order valence-corrected chi connectivity index (χ4v) is 2.25. The number of fused-ring (bicyclic) bond motifs is 1. The van der Waals surface area contributed by atoms with E-state index in [0.717, 1.165) is 11.0 Å². The van der Waals surface area contributed by atoms with Gasteiger partial charge in [-0.15, -0.1) is 5.10 Å². The Balaban J connectivity index is 1.79. The summed E-state index contributed by atoms with van der Waals surface area (Å²) in [6.45, 7) is 0.390. The van der Waals surface area contributed by atoms with Gasteiger partial charge in [-0.3, -0.25) is 0 Å². The quantitative estimate of drug-likeness (QED) is 0.790. The number of aromatic nitrogens is 3. The molecule has 1 aromatic heterocycles. The van der Waals surface area contributed by atoms with Gasteiger partial charge in [-0.1, -0.05) is 28.9 Å². The Morgan fingerprint density at radius 3 is 2.86 bits per heavy atom. The van der Waals surface area contributed by atoms with E-state index in [2.05, 4.69) is 15.6 Å². The molecule has 0 bridgehead atoms. The molecule has 0 spiro atoms. The van der Waals surface area contributed by atoms with Crippen LogP contribution >= 0.6 is 11.6 Å². The number of anilines is 1. The highest BCUT2D eigenvalue weighted by Gasteiger charge is 2.05. The van der Waals surface area contributed by atoms with Crippen LogP contribution < -0.4 is 10.4 Å². The summed E-state index contributed by atoms with van der Waals surface area (Å²) in [6, 6.07) is 12.2. The Morgan fingerprint density at radius 1 is 1.29 bits per heavy atom. The molecule has 1 heterocycles. The number of carbonyl (C=O) groups is 1. The van der Waals surface area contributed by atoms with Gasteiger partial charge in [-0.2, -0.15) is 0 Å². The number of para-hydroxylation sites is 1. The fourth-order valence-electron chi connectivity index (χ4n) is 1.99. The molecule has 2 aromatic carbocycles. The molecule has 0 amide bonds. The van der Waals surface area contributed by atoms with Gasteiger partial charge in [0.15, 0.2) is 0 Å². The van der Waals surface area contributed by atoms with Crippen molar-refractivity contribution in [1.29, 1.82) is 0 Å². The number of aromatic carboxylic acids is 1. The van der Waals surface area contributed by atoms with Gasteiger partial charge in [0.2, 0.25) is 0 Å². The molecular weight excluding hydrogens is 292 g/mol. The van der Waals surface area contributed by atoms with Gasteiger partial charge in [0.1, 0.15) is 12.2 Å². The summed E-state index contributed by atoms with van der Waals surface area (Å²) in [7, 11) is 0. The van der Waals surface area contributed by atoms with Gasteiger partial charge in [0.05, 0.1) is 16.5 Å². The van der Waals surface area contributed by atoms with Gasteiger partial charge < -0.3 is 15.2 Å². The zero-order valence-corrected chi connectivity index (χ0v) is 11.5. The number of nitrogens with one attached hydrogen (secondary N) is 1. The van der Waals surface area contributed by atoms with Crippen LogP contribution in [0, 0.1) is 0 Å². The van der Waals surface area contributed by atoms with Crippen LogP contribution in [0.15, 0.2) is 42.5 Å². The first kappa shape index (κ1) is 13.4. The second-order valence-electron chi connectivity index (χ2n) is 4.39. The van der Waals surface area contributed by atoms with Crippen molar-refractivity contribution < 1.29 is 9.90 Å². The van der Waals surface area contributed by atoms with Crippen LogP contribution in [-0.2, 0) is 6.67 Å². The number of halogens is 1. The number of hydrogen-bond donors (Lipinski definition) is 1. The fraction of sp³-hybridized carbons (Fsp3) is 0.0714. The van der Waals surface area contributed by atoms with E-state index in [4.69, 9.17) is 11.6 Å². The largest absolute Gasteiger partial charge is 0.545 e. The Morgan fingerprint density at radius 2 is 2.10 bits per heavy atom. The number of rotatable bonds is 4. The molecule has 0 saturated heterocycles. The first-order valence-corrected chi connectivity index (χ1v) is 6.56. The molecule has 0 unspecified atom stereocenters. The van der Waals surface area contributed by atoms with Gasteiger partial charge in [-0.25, -0.2) is 4.68 Å². The normalized spacial score (nSPS) is 10.7. The van der Waals surface area contributed by atoms with Gasteiger partial charge in [0, 0.05) is 11.3 Å². The number of nitrogens with zero attached hydrogens (tertiary/aromatic N) is 3. The summed E-state index contributed by atoms with van der Waals surface area (Å²) in [5.74, 6) is -1.30. The molecule has 0 aliphatic rings. The van der Waals surface area contributed by atoms with Gasteiger partial charge in [-0.05, 0) is 30.3 Å². The van der Waals surface area contributed by atoms with E-state index < -0.39 is 5.97 Å². The SMILES string of the molecule is O=C([O-])c1ccc(NCn2nnc3ccccc32)cc1Cl. The third-order valence-corrected chi connectivity index (χ3v) is 3.35. The number of carboxylic acid groups (broad SMARTS) is 1. The molecule has 0 atom stereocenters. The second-order valence-corrected chi connectivity index (χ2v) is 4.80. The van der Waals surface area contributed by atoms with Crippen molar-refractivity contribution in [2.24, 2.45) is 0 Å². The van der Waals surface area contributed by atoms with Crippen molar-refractivity contribution in [2.75, 3.05) is 5.32 Å². The van der Waals surface area contributed by atoms with Crippen LogP contribution in [0.3, 0.4) is 0 Å². The topological polar surface area (TPSA) is 82.9 Å². The molecule has 6 nitrogen and oxygen atoms in total. The van der Waals surface area contributed by atoms with Crippen molar-refractivity contribution >= 4 is 34.3 Å². The first-order valence-electron chi connectivity index (χ1n) is 6.18. The summed E-state index contributed by atoms with van der Waals surface area (Å²) in [5.41, 5.74) is 2.37. The Labute approximate surface area is 125 Å². The first-order chi connectivity index (χ1) is 10.1. The average Bonchev–Trinajstić information content (AvgIpc) is 2.88. The summed E-state index contributed by atoms with van der Waals surface area (Å²) < 4.78 is 1.70. The summed E-state index contributed by atoms with van der Waals surface area (Å²) >= 11 is 5.88. The highest BCUT2D eigenvalue weighted by atomic mass is 35.5. The lowest BCUT2D eigenvalue weighted by Crippen LogP contribution is -2.22. The lowest BCUT2D eigenvalue weighted by Gasteiger charge is -2.10. The van der Waals surface area contributed by atoms with E-state index in [0.29, 0.717) is 12.4 Å². The van der Waals surface area contributed by atoms with Gasteiger partial charge >= 0.3 is 0 Å². The Kier molecular flexibility index (Phi) is 3.45. The van der Waals surface area contributed by atoms with Crippen LogP contribution in [0.5, 0.6) is 0 Å². The second kappa shape index (κ2) is 5.41. The number of carboxylic acids is 1. The molecule has 1 N–H and O–H groups in total. The third kappa shape index (κ3) is 2.66. The van der Waals surface area contributed by atoms with Crippen molar-refractivity contribution in [3.63, 3.8) is 0 Å². The van der Waals surface area contributed by atoms with E-state index in [1.54, 1.807) is 10.7 Å². The van der Waals surface area contributed by atoms with Crippen LogP contribution in [0.4, 0.5) is 5.69 Å². The predicted octanol–water partition coefficient (Wildman–Crippen LogP) is 1.52. The highest BCUT2D eigenvalue weighted by molar-refractivity contribution is 6.33. The Bertz CT molecular complexity index is 816. The van der Waals surface area contributed by atoms with Gasteiger partial charge in [0.25, 0.3) is 0 Å². The summed E-state index contributed by atoms with van der Waals surface area (Å²) in [4.78, 5) is 10.8. The van der Waals surface area contributed by atoms with Crippen molar-refractivity contribution in [3.8, 4) is 0 Å². The van der Waals surface area contributed by atoms with E-state index in [1.807, 2.05) is 24.3 Å². The van der Waals surface area contributed by atoms with E-state index in [1.165, 1.54) is 12.1 Å². The summed E-state index contributed by atoms with van der Waals surface area (Å²) in [5, 5.41) is 22.1. The maximum Gasteiger partial charge on any atom is 0.113 e. The molecule has 0 fully saturated rings. The molecule has 0 aliphatic carbocycles. The van der Waals surface area contributed by atoms with Crippen molar-refractivity contribution in [3.05, 3.63) is 53.1 Å². The smallest absolute Gasteiger partial charge is 0.113 e. The molecule has 7 heteroatoms. The maximum atomic E-state index is 10.8. The van der Waals surface area contributed by atoms with Crippen molar-refractivity contribution in [2.45, 2.75) is 6.67 Å². The minimum absolute atomic E-state index is 0.0339. The third-order valence-electron chi connectivity index (χ3n) is 3.04. The predicted molar refractivity (Wildman–Crippen MR) is 76.9 cm³/mol. The minimum Gasteiger partial charge on any atom is -0.545 e. The van der Waals surface area contributed by atoms with E-state index >= 15 is 0 Å². The molecule has 0 radical (unpaired) electrons. The zero-order chi connectivity index (χ0) is 14.8. The maximum absolute atomic E-state index is 10.8. The molecular formula is C14H10ClN4O2-. The van der Waals surface area contributed by atoms with Crippen molar-refractivity contribution in [1.82, 2.24) is 15.0 Å². The van der Waals surface area contributed by atoms with Crippen LogP contribution in [0.2, 0.25) is 5.02 Å². The van der Waals surface area contributed by atoms with Crippen LogP contribution in [-0.4, -0.2) is 21.0 Å². The van der Waals surface area contributed by atoms with Crippen LogP contribution in [0.25, 0.3) is 11.0 Å². The zero-order valence-electron chi connectivity index (χ0n) is 10.8. The lowest BCUT2D eigenvalue weighted by atomic mass is 10.2. The summed E-state index contributed by atoms with van der Waals surface area (Å²) in [6.07, 6.45) is 0.